The third kappa shape index (κ3) is 5.60. The van der Waals surface area contributed by atoms with Crippen LogP contribution >= 0.6 is 24.0 Å². The highest BCUT2D eigenvalue weighted by Crippen LogP contribution is 2.16. The summed E-state index contributed by atoms with van der Waals surface area (Å²) in [6.07, 6.45) is 1.68. The van der Waals surface area contributed by atoms with Crippen molar-refractivity contribution in [1.82, 2.24) is 5.32 Å². The Bertz CT molecular complexity index is 727. The average molecular weight is 364 g/mol. The van der Waals surface area contributed by atoms with E-state index >= 15 is 0 Å². The lowest BCUT2D eigenvalue weighted by atomic mass is 10.2. The van der Waals surface area contributed by atoms with Crippen molar-refractivity contribution in [1.29, 1.82) is 0 Å². The molecule has 0 spiro atoms. The molecule has 0 amide bonds. The average Bonchev–Trinajstić information content (AvgIpc) is 3.08. The molecular formula is C19H19Cl2NO2. The van der Waals surface area contributed by atoms with E-state index in [-0.39, 0.29) is 12.4 Å². The van der Waals surface area contributed by atoms with Crippen LogP contribution in [0.2, 0.25) is 5.02 Å². The lowest BCUT2D eigenvalue weighted by Crippen LogP contribution is -2.12. The van der Waals surface area contributed by atoms with Gasteiger partial charge in [-0.15, -0.1) is 12.4 Å². The molecule has 1 N–H and O–H groups in total. The van der Waals surface area contributed by atoms with E-state index in [0.29, 0.717) is 13.2 Å². The van der Waals surface area contributed by atoms with Crippen molar-refractivity contribution in [2.24, 2.45) is 0 Å². The highest BCUT2D eigenvalue weighted by Gasteiger charge is 2.00. The number of rotatable bonds is 7. The molecule has 3 nitrogen and oxygen atoms in total. The van der Waals surface area contributed by atoms with Gasteiger partial charge >= 0.3 is 0 Å². The maximum absolute atomic E-state index is 5.88. The van der Waals surface area contributed by atoms with Gasteiger partial charge < -0.3 is 14.5 Å². The van der Waals surface area contributed by atoms with E-state index < -0.39 is 0 Å². The van der Waals surface area contributed by atoms with Gasteiger partial charge in [0, 0.05) is 11.6 Å². The number of benzene rings is 2. The van der Waals surface area contributed by atoms with E-state index in [1.54, 1.807) is 6.26 Å². The minimum absolute atomic E-state index is 0. The van der Waals surface area contributed by atoms with Gasteiger partial charge in [-0.05, 0) is 47.5 Å². The molecule has 0 fully saturated rings. The minimum atomic E-state index is 0. The summed E-state index contributed by atoms with van der Waals surface area (Å²) in [6, 6.07) is 19.6. The lowest BCUT2D eigenvalue weighted by molar-refractivity contribution is 0.306. The second-order valence-corrected chi connectivity index (χ2v) is 5.68. The first-order chi connectivity index (χ1) is 11.3. The zero-order valence-corrected chi connectivity index (χ0v) is 14.6. The molecule has 0 aliphatic carbocycles. The predicted octanol–water partition coefficient (Wildman–Crippen LogP) is 5.22. The smallest absolute Gasteiger partial charge is 0.120 e. The van der Waals surface area contributed by atoms with Gasteiger partial charge in [0.05, 0.1) is 12.8 Å². The summed E-state index contributed by atoms with van der Waals surface area (Å²) in [5.41, 5.74) is 2.26. The number of halogens is 2. The number of furan rings is 1. The molecule has 0 aliphatic heterocycles. The van der Waals surface area contributed by atoms with E-state index in [2.05, 4.69) is 11.4 Å². The summed E-state index contributed by atoms with van der Waals surface area (Å²) >= 11 is 5.88. The van der Waals surface area contributed by atoms with E-state index in [0.717, 1.165) is 28.6 Å². The van der Waals surface area contributed by atoms with Crippen LogP contribution in [0.3, 0.4) is 0 Å². The molecule has 0 saturated heterocycles. The van der Waals surface area contributed by atoms with Gasteiger partial charge in [0.1, 0.15) is 18.1 Å². The van der Waals surface area contributed by atoms with Crippen LogP contribution in [0.1, 0.15) is 16.9 Å². The Labute approximate surface area is 153 Å². The Balaban J connectivity index is 0.00000208. The SMILES string of the molecule is Cl.Clc1ccc(COc2cccc(CNCc3ccco3)c2)cc1. The molecule has 5 heteroatoms. The summed E-state index contributed by atoms with van der Waals surface area (Å²) in [5.74, 6) is 1.79. The Kier molecular flexibility index (Phi) is 7.19. The highest BCUT2D eigenvalue weighted by molar-refractivity contribution is 6.30. The Morgan fingerprint density at radius 1 is 0.917 bits per heavy atom. The first kappa shape index (κ1) is 18.4. The molecule has 24 heavy (non-hydrogen) atoms. The van der Waals surface area contributed by atoms with Crippen molar-refractivity contribution in [2.75, 3.05) is 0 Å². The second-order valence-electron chi connectivity index (χ2n) is 5.25. The van der Waals surface area contributed by atoms with Gasteiger partial charge in [0.2, 0.25) is 0 Å². The van der Waals surface area contributed by atoms with Gasteiger partial charge in [-0.25, -0.2) is 0 Å². The van der Waals surface area contributed by atoms with Gasteiger partial charge in [0.15, 0.2) is 0 Å². The number of nitrogens with one attached hydrogen (secondary N) is 1. The fraction of sp³-hybridized carbons (Fsp3) is 0.158. The van der Waals surface area contributed by atoms with Crippen molar-refractivity contribution in [2.45, 2.75) is 19.7 Å². The van der Waals surface area contributed by atoms with Crippen LogP contribution in [0, 0.1) is 0 Å². The van der Waals surface area contributed by atoms with Gasteiger partial charge in [-0.1, -0.05) is 35.9 Å². The maximum atomic E-state index is 5.88. The van der Waals surface area contributed by atoms with Crippen LogP contribution in [0.5, 0.6) is 5.75 Å². The van der Waals surface area contributed by atoms with Crippen molar-refractivity contribution < 1.29 is 9.15 Å². The quantitative estimate of drug-likeness (QED) is 0.624. The van der Waals surface area contributed by atoms with E-state index in [4.69, 9.17) is 20.8 Å². The van der Waals surface area contributed by atoms with Crippen molar-refractivity contribution in [3.63, 3.8) is 0 Å². The van der Waals surface area contributed by atoms with Crippen molar-refractivity contribution in [3.05, 3.63) is 88.8 Å². The molecule has 0 atom stereocenters. The van der Waals surface area contributed by atoms with Crippen molar-refractivity contribution >= 4 is 24.0 Å². The zero-order chi connectivity index (χ0) is 15.9. The molecule has 3 aromatic rings. The van der Waals surface area contributed by atoms with Gasteiger partial charge in [-0.3, -0.25) is 0 Å². The highest BCUT2D eigenvalue weighted by atomic mass is 35.5. The van der Waals surface area contributed by atoms with Gasteiger partial charge in [0.25, 0.3) is 0 Å². The first-order valence-electron chi connectivity index (χ1n) is 7.49. The Morgan fingerprint density at radius 2 is 1.75 bits per heavy atom. The van der Waals surface area contributed by atoms with Crippen LogP contribution in [-0.4, -0.2) is 0 Å². The van der Waals surface area contributed by atoms with Crippen molar-refractivity contribution in [3.8, 4) is 5.75 Å². The number of hydrogen-bond acceptors (Lipinski definition) is 3. The van der Waals surface area contributed by atoms with E-state index in [9.17, 15) is 0 Å². The monoisotopic (exact) mass is 363 g/mol. The standard InChI is InChI=1S/C19H18ClNO2.ClH/c20-17-8-6-15(7-9-17)14-23-18-4-1-3-16(11-18)12-21-13-19-5-2-10-22-19;/h1-11,21H,12-14H2;1H. The lowest BCUT2D eigenvalue weighted by Gasteiger charge is -2.09. The second kappa shape index (κ2) is 9.38. The normalized spacial score (nSPS) is 10.2. The van der Waals surface area contributed by atoms with E-state index in [1.165, 1.54) is 5.56 Å². The Hall–Kier alpha value is -1.94. The van der Waals surface area contributed by atoms with Crippen LogP contribution in [0.15, 0.2) is 71.3 Å². The van der Waals surface area contributed by atoms with Crippen LogP contribution < -0.4 is 10.1 Å². The molecule has 2 aromatic carbocycles. The molecule has 3 rings (SSSR count). The first-order valence-corrected chi connectivity index (χ1v) is 7.87. The van der Waals surface area contributed by atoms with E-state index in [1.807, 2.05) is 54.6 Å². The summed E-state index contributed by atoms with van der Waals surface area (Å²) in [7, 11) is 0. The van der Waals surface area contributed by atoms with Gasteiger partial charge in [-0.2, -0.15) is 0 Å². The third-order valence-electron chi connectivity index (χ3n) is 3.43. The molecule has 126 valence electrons. The van der Waals surface area contributed by atoms with Crippen LogP contribution in [0.25, 0.3) is 0 Å². The molecule has 0 radical (unpaired) electrons. The minimum Gasteiger partial charge on any atom is -0.489 e. The molecule has 1 aromatic heterocycles. The summed E-state index contributed by atoms with van der Waals surface area (Å²) in [5, 5.41) is 4.08. The Morgan fingerprint density at radius 3 is 2.50 bits per heavy atom. The largest absolute Gasteiger partial charge is 0.489 e. The summed E-state index contributed by atoms with van der Waals surface area (Å²) in [6.45, 7) is 2.00. The summed E-state index contributed by atoms with van der Waals surface area (Å²) in [4.78, 5) is 0. The zero-order valence-electron chi connectivity index (χ0n) is 13.1. The topological polar surface area (TPSA) is 34.4 Å². The fourth-order valence-corrected chi connectivity index (χ4v) is 2.36. The predicted molar refractivity (Wildman–Crippen MR) is 98.7 cm³/mol. The number of ether oxygens (including phenoxy) is 1. The van der Waals surface area contributed by atoms with Crippen LogP contribution in [0.4, 0.5) is 0 Å². The van der Waals surface area contributed by atoms with Crippen LogP contribution in [-0.2, 0) is 19.7 Å². The molecule has 0 aliphatic rings. The molecule has 0 unspecified atom stereocenters. The number of hydrogen-bond donors (Lipinski definition) is 1. The maximum Gasteiger partial charge on any atom is 0.120 e. The summed E-state index contributed by atoms with van der Waals surface area (Å²) < 4.78 is 11.1. The molecule has 0 bridgehead atoms. The molecular weight excluding hydrogens is 345 g/mol. The third-order valence-corrected chi connectivity index (χ3v) is 3.68. The molecule has 1 heterocycles. The fourth-order valence-electron chi connectivity index (χ4n) is 2.24. The molecule has 0 saturated carbocycles.